The van der Waals surface area contributed by atoms with Gasteiger partial charge in [0.25, 0.3) is 0 Å². The minimum absolute atomic E-state index is 0.0591. The van der Waals surface area contributed by atoms with Gasteiger partial charge >= 0.3 is 0 Å². The van der Waals surface area contributed by atoms with Crippen LogP contribution in [0.2, 0.25) is 0 Å². The van der Waals surface area contributed by atoms with Crippen molar-refractivity contribution in [2.24, 2.45) is 17.8 Å². The van der Waals surface area contributed by atoms with Gasteiger partial charge in [0.2, 0.25) is 11.0 Å². The highest BCUT2D eigenvalue weighted by molar-refractivity contribution is 8.00. The number of amides is 1. The van der Waals surface area contributed by atoms with Crippen LogP contribution in [-0.4, -0.2) is 16.1 Å². The lowest BCUT2D eigenvalue weighted by atomic mass is 9.86. The van der Waals surface area contributed by atoms with E-state index in [4.69, 9.17) is 0 Å². The SMILES string of the molecule is O=C(C[C@H]1C[C@@H]2CC[C@@H]1C2)Nc1nnc(SCc2ccc(F)cc2)s1. The second-order valence-corrected chi connectivity index (χ2v) is 9.18. The van der Waals surface area contributed by atoms with Crippen LogP contribution < -0.4 is 5.32 Å². The largest absolute Gasteiger partial charge is 0.300 e. The van der Waals surface area contributed by atoms with E-state index in [1.165, 1.54) is 49.2 Å². The fourth-order valence-corrected chi connectivity index (χ4v) is 5.80. The van der Waals surface area contributed by atoms with Crippen molar-refractivity contribution in [3.63, 3.8) is 0 Å². The van der Waals surface area contributed by atoms with Crippen molar-refractivity contribution < 1.29 is 9.18 Å². The summed E-state index contributed by atoms with van der Waals surface area (Å²) in [6, 6.07) is 6.44. The maximum Gasteiger partial charge on any atom is 0.226 e. The molecule has 0 spiro atoms. The Kier molecular flexibility index (Phi) is 5.03. The number of rotatable bonds is 6. The van der Waals surface area contributed by atoms with Crippen LogP contribution >= 0.6 is 23.1 Å². The molecule has 0 unspecified atom stereocenters. The van der Waals surface area contributed by atoms with Crippen molar-refractivity contribution >= 4 is 34.1 Å². The Balaban J connectivity index is 1.26. The van der Waals surface area contributed by atoms with Crippen LogP contribution in [0.4, 0.5) is 9.52 Å². The van der Waals surface area contributed by atoms with Crippen molar-refractivity contribution in [2.75, 3.05) is 5.32 Å². The fourth-order valence-electron chi connectivity index (χ4n) is 4.08. The molecule has 2 bridgehead atoms. The molecule has 3 atom stereocenters. The van der Waals surface area contributed by atoms with Gasteiger partial charge in [0.1, 0.15) is 5.82 Å². The quantitative estimate of drug-likeness (QED) is 0.584. The average molecular weight is 378 g/mol. The number of aromatic nitrogens is 2. The van der Waals surface area contributed by atoms with Crippen molar-refractivity contribution in [1.82, 2.24) is 10.2 Å². The summed E-state index contributed by atoms with van der Waals surface area (Å²) in [5.74, 6) is 2.70. The summed E-state index contributed by atoms with van der Waals surface area (Å²) < 4.78 is 13.7. The molecular formula is C18H20FN3OS2. The zero-order chi connectivity index (χ0) is 17.2. The molecule has 25 heavy (non-hydrogen) atoms. The predicted molar refractivity (Wildman–Crippen MR) is 98.1 cm³/mol. The summed E-state index contributed by atoms with van der Waals surface area (Å²) in [5.41, 5.74) is 1.03. The van der Waals surface area contributed by atoms with Gasteiger partial charge in [-0.1, -0.05) is 41.7 Å². The number of carbonyl (C=O) groups excluding carboxylic acids is 1. The lowest BCUT2D eigenvalue weighted by molar-refractivity contribution is -0.117. The number of halogens is 1. The summed E-state index contributed by atoms with van der Waals surface area (Å²) >= 11 is 2.93. The average Bonchev–Trinajstić information content (AvgIpc) is 3.31. The molecule has 2 aliphatic rings. The number of benzene rings is 1. The number of hydrogen-bond acceptors (Lipinski definition) is 5. The molecule has 1 aromatic heterocycles. The summed E-state index contributed by atoms with van der Waals surface area (Å²) in [7, 11) is 0. The number of fused-ring (bicyclic) bond motifs is 2. The first-order valence-electron chi connectivity index (χ1n) is 8.66. The summed E-state index contributed by atoms with van der Waals surface area (Å²) in [6.07, 6.45) is 5.80. The molecule has 7 heteroatoms. The number of nitrogens with one attached hydrogen (secondary N) is 1. The molecule has 1 aromatic carbocycles. The molecule has 1 heterocycles. The molecule has 132 valence electrons. The highest BCUT2D eigenvalue weighted by Gasteiger charge is 2.40. The lowest BCUT2D eigenvalue weighted by Crippen LogP contribution is -2.20. The Labute approximate surface area is 154 Å². The van der Waals surface area contributed by atoms with Crippen molar-refractivity contribution in [1.29, 1.82) is 0 Å². The third-order valence-electron chi connectivity index (χ3n) is 5.26. The summed E-state index contributed by atoms with van der Waals surface area (Å²) in [5, 5.41) is 11.6. The Bertz CT molecular complexity index is 749. The third-order valence-corrected chi connectivity index (χ3v) is 7.30. The van der Waals surface area contributed by atoms with Gasteiger partial charge in [-0.25, -0.2) is 4.39 Å². The Morgan fingerprint density at radius 2 is 2.08 bits per heavy atom. The first-order valence-corrected chi connectivity index (χ1v) is 10.5. The van der Waals surface area contributed by atoms with E-state index < -0.39 is 0 Å². The monoisotopic (exact) mass is 377 g/mol. The first-order chi connectivity index (χ1) is 12.2. The van der Waals surface area contributed by atoms with Gasteiger partial charge in [-0.15, -0.1) is 10.2 Å². The molecule has 4 nitrogen and oxygen atoms in total. The van der Waals surface area contributed by atoms with E-state index in [2.05, 4.69) is 15.5 Å². The van der Waals surface area contributed by atoms with Gasteiger partial charge in [-0.05, 0) is 54.7 Å². The van der Waals surface area contributed by atoms with E-state index >= 15 is 0 Å². The van der Waals surface area contributed by atoms with Gasteiger partial charge in [-0.3, -0.25) is 4.79 Å². The number of nitrogens with zero attached hydrogens (tertiary/aromatic N) is 2. The molecule has 2 aliphatic carbocycles. The van der Waals surface area contributed by atoms with Gasteiger partial charge in [-0.2, -0.15) is 0 Å². The number of hydrogen-bond donors (Lipinski definition) is 1. The van der Waals surface area contributed by atoms with Crippen molar-refractivity contribution in [3.05, 3.63) is 35.6 Å². The minimum atomic E-state index is -0.231. The third kappa shape index (κ3) is 4.20. The van der Waals surface area contributed by atoms with Crippen molar-refractivity contribution in [3.8, 4) is 0 Å². The maximum absolute atomic E-state index is 12.9. The van der Waals surface area contributed by atoms with Gasteiger partial charge < -0.3 is 5.32 Å². The van der Waals surface area contributed by atoms with E-state index in [0.29, 0.717) is 23.2 Å². The van der Waals surface area contributed by atoms with E-state index in [1.54, 1.807) is 23.9 Å². The first kappa shape index (κ1) is 17.0. The standard InChI is InChI=1S/C18H20FN3OS2/c19-15-5-2-11(3-6-15)10-24-18-22-21-17(25-18)20-16(23)9-14-8-12-1-4-13(14)7-12/h2-3,5-6,12-14H,1,4,7-10H2,(H,20,21,23)/t12-,13-,14-/m1/s1. The van der Waals surface area contributed by atoms with Crippen LogP contribution in [0.15, 0.2) is 28.6 Å². The molecule has 2 aromatic rings. The molecule has 4 rings (SSSR count). The Morgan fingerprint density at radius 1 is 1.24 bits per heavy atom. The molecule has 0 aliphatic heterocycles. The normalized spacial score (nSPS) is 24.6. The van der Waals surface area contributed by atoms with Crippen LogP contribution in [0.1, 0.15) is 37.7 Å². The number of carbonyl (C=O) groups is 1. The van der Waals surface area contributed by atoms with Crippen LogP contribution in [0.3, 0.4) is 0 Å². The van der Waals surface area contributed by atoms with E-state index in [9.17, 15) is 9.18 Å². The Morgan fingerprint density at radius 3 is 2.80 bits per heavy atom. The molecule has 1 N–H and O–H groups in total. The van der Waals surface area contributed by atoms with Gasteiger partial charge in [0.15, 0.2) is 4.34 Å². The van der Waals surface area contributed by atoms with Crippen molar-refractivity contribution in [2.45, 2.75) is 42.2 Å². The smallest absolute Gasteiger partial charge is 0.226 e. The topological polar surface area (TPSA) is 54.9 Å². The molecule has 1 amide bonds. The van der Waals surface area contributed by atoms with Crippen LogP contribution in [-0.2, 0) is 10.5 Å². The minimum Gasteiger partial charge on any atom is -0.300 e. The molecule has 2 fully saturated rings. The van der Waals surface area contributed by atoms with Gasteiger partial charge in [0, 0.05) is 12.2 Å². The fraction of sp³-hybridized carbons (Fsp3) is 0.500. The summed E-state index contributed by atoms with van der Waals surface area (Å²) in [6.45, 7) is 0. The second-order valence-electron chi connectivity index (χ2n) is 6.98. The molecular weight excluding hydrogens is 357 g/mol. The van der Waals surface area contributed by atoms with E-state index in [0.717, 1.165) is 21.7 Å². The number of thioether (sulfide) groups is 1. The molecule has 0 radical (unpaired) electrons. The molecule has 0 saturated heterocycles. The van der Waals surface area contributed by atoms with E-state index in [-0.39, 0.29) is 11.7 Å². The highest BCUT2D eigenvalue weighted by atomic mass is 32.2. The second kappa shape index (κ2) is 7.41. The summed E-state index contributed by atoms with van der Waals surface area (Å²) in [4.78, 5) is 12.3. The van der Waals surface area contributed by atoms with Crippen LogP contribution in [0.5, 0.6) is 0 Å². The zero-order valence-electron chi connectivity index (χ0n) is 13.8. The lowest BCUT2D eigenvalue weighted by Gasteiger charge is -2.20. The van der Waals surface area contributed by atoms with Crippen LogP contribution in [0, 0.1) is 23.6 Å². The predicted octanol–water partition coefficient (Wildman–Crippen LogP) is 4.73. The van der Waals surface area contributed by atoms with E-state index in [1.807, 2.05) is 0 Å². The maximum atomic E-state index is 12.9. The molecule has 2 saturated carbocycles. The van der Waals surface area contributed by atoms with Gasteiger partial charge in [0.05, 0.1) is 0 Å². The van der Waals surface area contributed by atoms with Crippen LogP contribution in [0.25, 0.3) is 0 Å². The number of anilines is 1. The Hall–Kier alpha value is -1.47. The zero-order valence-corrected chi connectivity index (χ0v) is 15.4. The highest BCUT2D eigenvalue weighted by Crippen LogP contribution is 2.49.